The molecule has 2 heteroatoms. The molecule has 0 fully saturated rings. The van der Waals surface area contributed by atoms with E-state index >= 15 is 0 Å². The average Bonchev–Trinajstić information content (AvgIpc) is 3.81. The Labute approximate surface area is 302 Å². The van der Waals surface area contributed by atoms with Gasteiger partial charge in [-0.25, -0.2) is 0 Å². The second kappa shape index (κ2) is 12.5. The summed E-state index contributed by atoms with van der Waals surface area (Å²) in [7, 11) is 0. The van der Waals surface area contributed by atoms with Crippen molar-refractivity contribution in [2.24, 2.45) is 0 Å². The first-order chi connectivity index (χ1) is 25.8. The van der Waals surface area contributed by atoms with E-state index in [1.807, 2.05) is 12.1 Å². The van der Waals surface area contributed by atoms with Gasteiger partial charge in [0.2, 0.25) is 0 Å². The largest absolute Gasteiger partial charge is 0.455 e. The molecule has 10 rings (SSSR count). The third-order valence-electron chi connectivity index (χ3n) is 10.3. The maximum atomic E-state index is 6.37. The molecule has 0 radical (unpaired) electrons. The summed E-state index contributed by atoms with van der Waals surface area (Å²) >= 11 is 0. The van der Waals surface area contributed by atoms with Gasteiger partial charge >= 0.3 is 0 Å². The Morgan fingerprint density at radius 3 is 1.50 bits per heavy atom. The molecule has 52 heavy (non-hydrogen) atoms. The smallest absolute Gasteiger partial charge is 0.143 e. The fraction of sp³-hybridized carbons (Fsp3) is 0. The first-order valence-corrected chi connectivity index (χ1v) is 17.7. The standard InChI is InChI=1S/C50H33NO/c1-3-10-34(11-4-1)36-18-20-38(21-19-36)41-28-31-48-46(32-41)47(40-24-22-37(23-25-40)35-12-5-2-6-13-35)33-51(48)42-29-26-39(27-30-42)43-15-9-16-45-44-14-7-8-17-49(44)52-50(43)45/h1-33H. The van der Waals surface area contributed by atoms with E-state index in [0.29, 0.717) is 0 Å². The molecule has 0 N–H and O–H groups in total. The molecule has 8 aromatic carbocycles. The number of para-hydroxylation sites is 2. The van der Waals surface area contributed by atoms with Crippen LogP contribution in [0.15, 0.2) is 205 Å². The summed E-state index contributed by atoms with van der Waals surface area (Å²) in [6, 6.07) is 69.4. The molecule has 10 aromatic rings. The lowest BCUT2D eigenvalue weighted by Crippen LogP contribution is -1.92. The third kappa shape index (κ3) is 5.21. The van der Waals surface area contributed by atoms with Crippen LogP contribution in [-0.2, 0) is 0 Å². The van der Waals surface area contributed by atoms with Crippen molar-refractivity contribution < 1.29 is 4.42 Å². The molecule has 0 bridgehead atoms. The van der Waals surface area contributed by atoms with Gasteiger partial charge in [-0.3, -0.25) is 0 Å². The Morgan fingerprint density at radius 2 is 0.827 bits per heavy atom. The monoisotopic (exact) mass is 663 g/mol. The Kier molecular flexibility index (Phi) is 7.18. The van der Waals surface area contributed by atoms with Crippen LogP contribution in [0, 0.1) is 0 Å². The summed E-state index contributed by atoms with van der Waals surface area (Å²) in [5.41, 5.74) is 16.0. The summed E-state index contributed by atoms with van der Waals surface area (Å²) < 4.78 is 8.69. The van der Waals surface area contributed by atoms with Crippen LogP contribution in [0.2, 0.25) is 0 Å². The highest BCUT2D eigenvalue weighted by Gasteiger charge is 2.16. The number of hydrogen-bond acceptors (Lipinski definition) is 1. The van der Waals surface area contributed by atoms with Gasteiger partial charge in [0, 0.05) is 39.2 Å². The van der Waals surface area contributed by atoms with Crippen LogP contribution >= 0.6 is 0 Å². The molecule has 0 aliphatic carbocycles. The molecule has 0 aliphatic heterocycles. The number of furan rings is 1. The number of benzene rings is 8. The van der Waals surface area contributed by atoms with Crippen molar-refractivity contribution in [3.63, 3.8) is 0 Å². The molecule has 2 heterocycles. The van der Waals surface area contributed by atoms with Crippen LogP contribution in [0.5, 0.6) is 0 Å². The molecular weight excluding hydrogens is 631 g/mol. The zero-order chi connectivity index (χ0) is 34.4. The zero-order valence-corrected chi connectivity index (χ0v) is 28.4. The lowest BCUT2D eigenvalue weighted by molar-refractivity contribution is 0.670. The van der Waals surface area contributed by atoms with Crippen LogP contribution in [0.25, 0.3) is 94.2 Å². The number of fused-ring (bicyclic) bond motifs is 4. The van der Waals surface area contributed by atoms with Gasteiger partial charge in [-0.1, -0.05) is 164 Å². The van der Waals surface area contributed by atoms with Crippen molar-refractivity contribution in [1.82, 2.24) is 4.57 Å². The van der Waals surface area contributed by atoms with E-state index in [-0.39, 0.29) is 0 Å². The van der Waals surface area contributed by atoms with Crippen molar-refractivity contribution in [3.05, 3.63) is 200 Å². The molecule has 2 aromatic heterocycles. The van der Waals surface area contributed by atoms with E-state index in [0.717, 1.165) is 38.8 Å². The second-order valence-corrected chi connectivity index (χ2v) is 13.4. The number of nitrogens with zero attached hydrogens (tertiary/aromatic N) is 1. The predicted octanol–water partition coefficient (Wildman–Crippen LogP) is 13.9. The minimum absolute atomic E-state index is 0.913. The normalized spacial score (nSPS) is 11.5. The van der Waals surface area contributed by atoms with Crippen LogP contribution in [0.1, 0.15) is 0 Å². The average molecular weight is 664 g/mol. The first kappa shape index (κ1) is 30.0. The van der Waals surface area contributed by atoms with Crippen LogP contribution < -0.4 is 0 Å². The van der Waals surface area contributed by atoms with E-state index < -0.39 is 0 Å². The molecular formula is C50H33NO. The number of hydrogen-bond donors (Lipinski definition) is 0. The second-order valence-electron chi connectivity index (χ2n) is 13.4. The lowest BCUT2D eigenvalue weighted by Gasteiger charge is -2.09. The molecule has 244 valence electrons. The Hall–Kier alpha value is -6.90. The van der Waals surface area contributed by atoms with E-state index in [2.05, 4.69) is 193 Å². The third-order valence-corrected chi connectivity index (χ3v) is 10.3. The van der Waals surface area contributed by atoms with Crippen molar-refractivity contribution in [3.8, 4) is 61.3 Å². The van der Waals surface area contributed by atoms with Crippen LogP contribution in [0.3, 0.4) is 0 Å². The van der Waals surface area contributed by atoms with Crippen molar-refractivity contribution in [1.29, 1.82) is 0 Å². The molecule has 2 nitrogen and oxygen atoms in total. The number of rotatable bonds is 6. The Bertz CT molecular complexity index is 2840. The fourth-order valence-corrected chi connectivity index (χ4v) is 7.59. The van der Waals surface area contributed by atoms with Gasteiger partial charge in [0.1, 0.15) is 11.2 Å². The van der Waals surface area contributed by atoms with E-state index in [9.17, 15) is 0 Å². The van der Waals surface area contributed by atoms with Gasteiger partial charge in [0.15, 0.2) is 0 Å². The van der Waals surface area contributed by atoms with E-state index in [4.69, 9.17) is 4.42 Å². The SMILES string of the molecule is c1ccc(-c2ccc(-c3ccc4c(c3)c(-c3ccc(-c5ccccc5)cc3)cn4-c3ccc(-c4cccc5c4oc4ccccc45)cc3)cc2)cc1. The predicted molar refractivity (Wildman–Crippen MR) is 218 cm³/mol. The summed E-state index contributed by atoms with van der Waals surface area (Å²) in [4.78, 5) is 0. The molecule has 0 atom stereocenters. The maximum Gasteiger partial charge on any atom is 0.143 e. The van der Waals surface area contributed by atoms with E-state index in [1.165, 1.54) is 55.4 Å². The first-order valence-electron chi connectivity index (χ1n) is 17.7. The Balaban J connectivity index is 1.07. The highest BCUT2D eigenvalue weighted by atomic mass is 16.3. The van der Waals surface area contributed by atoms with Crippen molar-refractivity contribution >= 4 is 32.8 Å². The highest BCUT2D eigenvalue weighted by Crippen LogP contribution is 2.39. The van der Waals surface area contributed by atoms with E-state index in [1.54, 1.807) is 0 Å². The number of aromatic nitrogens is 1. The molecule has 0 unspecified atom stereocenters. The van der Waals surface area contributed by atoms with Crippen molar-refractivity contribution in [2.75, 3.05) is 0 Å². The summed E-state index contributed by atoms with van der Waals surface area (Å²) in [5.74, 6) is 0. The lowest BCUT2D eigenvalue weighted by atomic mass is 9.97. The van der Waals surface area contributed by atoms with Gasteiger partial charge in [0.25, 0.3) is 0 Å². The van der Waals surface area contributed by atoms with Gasteiger partial charge in [-0.15, -0.1) is 0 Å². The summed E-state index contributed by atoms with van der Waals surface area (Å²) in [6.07, 6.45) is 2.29. The minimum Gasteiger partial charge on any atom is -0.455 e. The van der Waals surface area contributed by atoms with Gasteiger partial charge in [-0.05, 0) is 74.8 Å². The minimum atomic E-state index is 0.913. The molecule has 0 spiro atoms. The highest BCUT2D eigenvalue weighted by molar-refractivity contribution is 6.09. The van der Waals surface area contributed by atoms with Crippen LogP contribution in [-0.4, -0.2) is 4.57 Å². The van der Waals surface area contributed by atoms with Gasteiger partial charge < -0.3 is 8.98 Å². The molecule has 0 aliphatic rings. The fourth-order valence-electron chi connectivity index (χ4n) is 7.59. The topological polar surface area (TPSA) is 18.1 Å². The maximum absolute atomic E-state index is 6.37. The molecule has 0 amide bonds. The zero-order valence-electron chi connectivity index (χ0n) is 28.4. The quantitative estimate of drug-likeness (QED) is 0.173. The molecule has 0 saturated carbocycles. The molecule has 0 saturated heterocycles. The van der Waals surface area contributed by atoms with Crippen LogP contribution in [0.4, 0.5) is 0 Å². The summed E-state index contributed by atoms with van der Waals surface area (Å²) in [6.45, 7) is 0. The van der Waals surface area contributed by atoms with Crippen molar-refractivity contribution in [2.45, 2.75) is 0 Å². The van der Waals surface area contributed by atoms with Gasteiger partial charge in [0.05, 0.1) is 5.52 Å². The van der Waals surface area contributed by atoms with Gasteiger partial charge in [-0.2, -0.15) is 0 Å². The summed E-state index contributed by atoms with van der Waals surface area (Å²) in [5, 5.41) is 3.50. The Morgan fingerprint density at radius 1 is 0.327 bits per heavy atom.